The molecule has 1 amide bonds. The quantitative estimate of drug-likeness (QED) is 0.858. The molecule has 0 radical (unpaired) electrons. The molecule has 3 heterocycles. The minimum Gasteiger partial charge on any atom is -0.349 e. The molecule has 1 unspecified atom stereocenters. The number of rotatable bonds is 5. The van der Waals surface area contributed by atoms with E-state index in [9.17, 15) is 4.79 Å². The molecule has 1 atom stereocenters. The van der Waals surface area contributed by atoms with Gasteiger partial charge in [-0.3, -0.25) is 14.8 Å². The standard InChI is InChI=1S/C18H31N5O/c1-4-7-23-13-18(5-8-22(3)9-6-18)11-16(23)17(24)19-12-15-10-14(2)20-21-15/h10,16H,4-9,11-13H2,1-3H3,(H,19,24)(H,20,21). The second-order valence-electron chi connectivity index (χ2n) is 7.75. The van der Waals surface area contributed by atoms with Gasteiger partial charge >= 0.3 is 0 Å². The summed E-state index contributed by atoms with van der Waals surface area (Å²) in [6, 6.07) is 2.00. The number of carbonyl (C=O) groups is 1. The van der Waals surface area contributed by atoms with E-state index in [1.54, 1.807) is 0 Å². The molecule has 0 saturated carbocycles. The molecule has 2 aliphatic heterocycles. The Morgan fingerprint density at radius 3 is 2.83 bits per heavy atom. The lowest BCUT2D eigenvalue weighted by Gasteiger charge is -2.37. The van der Waals surface area contributed by atoms with Crippen LogP contribution in [-0.4, -0.2) is 65.2 Å². The van der Waals surface area contributed by atoms with Crippen molar-refractivity contribution >= 4 is 5.91 Å². The molecule has 0 aliphatic carbocycles. The molecular formula is C18H31N5O. The van der Waals surface area contributed by atoms with E-state index < -0.39 is 0 Å². The summed E-state index contributed by atoms with van der Waals surface area (Å²) in [4.78, 5) is 17.6. The molecule has 2 fully saturated rings. The molecule has 0 bridgehead atoms. The number of amides is 1. The first-order valence-corrected chi connectivity index (χ1v) is 9.22. The van der Waals surface area contributed by atoms with Crippen LogP contribution in [-0.2, 0) is 11.3 Å². The van der Waals surface area contributed by atoms with Gasteiger partial charge in [0.2, 0.25) is 5.91 Å². The van der Waals surface area contributed by atoms with Crippen molar-refractivity contribution in [2.24, 2.45) is 5.41 Å². The van der Waals surface area contributed by atoms with Crippen molar-refractivity contribution in [2.45, 2.75) is 52.1 Å². The van der Waals surface area contributed by atoms with E-state index in [2.05, 4.69) is 39.3 Å². The monoisotopic (exact) mass is 333 g/mol. The van der Waals surface area contributed by atoms with E-state index in [0.29, 0.717) is 12.0 Å². The molecule has 1 aromatic heterocycles. The summed E-state index contributed by atoms with van der Waals surface area (Å²) in [5.41, 5.74) is 2.26. The van der Waals surface area contributed by atoms with Gasteiger partial charge in [0.1, 0.15) is 0 Å². The summed E-state index contributed by atoms with van der Waals surface area (Å²) in [6.45, 7) is 9.08. The van der Waals surface area contributed by atoms with Gasteiger partial charge in [-0.15, -0.1) is 0 Å². The molecule has 6 nitrogen and oxygen atoms in total. The lowest BCUT2D eigenvalue weighted by Crippen LogP contribution is -2.43. The number of nitrogens with one attached hydrogen (secondary N) is 2. The number of aryl methyl sites for hydroxylation is 1. The number of likely N-dealkylation sites (tertiary alicyclic amines) is 2. The zero-order valence-corrected chi connectivity index (χ0v) is 15.3. The van der Waals surface area contributed by atoms with Crippen LogP contribution in [0.15, 0.2) is 6.07 Å². The van der Waals surface area contributed by atoms with Crippen LogP contribution < -0.4 is 5.32 Å². The van der Waals surface area contributed by atoms with Crippen molar-refractivity contribution in [3.05, 3.63) is 17.5 Å². The third-order valence-corrected chi connectivity index (χ3v) is 5.67. The van der Waals surface area contributed by atoms with Crippen molar-refractivity contribution in [3.8, 4) is 0 Å². The molecular weight excluding hydrogens is 302 g/mol. The molecule has 1 spiro atoms. The van der Waals surface area contributed by atoms with Gasteiger partial charge in [-0.2, -0.15) is 5.10 Å². The number of carbonyl (C=O) groups excluding carboxylic acids is 1. The molecule has 2 saturated heterocycles. The highest BCUT2D eigenvalue weighted by atomic mass is 16.2. The van der Waals surface area contributed by atoms with Crippen LogP contribution in [0.2, 0.25) is 0 Å². The zero-order valence-electron chi connectivity index (χ0n) is 15.3. The second-order valence-corrected chi connectivity index (χ2v) is 7.75. The van der Waals surface area contributed by atoms with Crippen LogP contribution in [0.25, 0.3) is 0 Å². The van der Waals surface area contributed by atoms with Crippen LogP contribution in [0.1, 0.15) is 44.0 Å². The van der Waals surface area contributed by atoms with Crippen molar-refractivity contribution in [2.75, 3.05) is 33.2 Å². The molecule has 6 heteroatoms. The van der Waals surface area contributed by atoms with Crippen molar-refractivity contribution in [3.63, 3.8) is 0 Å². The van der Waals surface area contributed by atoms with Crippen LogP contribution >= 0.6 is 0 Å². The smallest absolute Gasteiger partial charge is 0.237 e. The fraction of sp³-hybridized carbons (Fsp3) is 0.778. The molecule has 2 aliphatic rings. The summed E-state index contributed by atoms with van der Waals surface area (Å²) < 4.78 is 0. The normalized spacial score (nSPS) is 24.5. The Morgan fingerprint density at radius 1 is 1.46 bits per heavy atom. The minimum atomic E-state index is 0.0217. The Morgan fingerprint density at radius 2 is 2.21 bits per heavy atom. The second kappa shape index (κ2) is 7.23. The SMILES string of the molecule is CCCN1CC2(CCN(C)CC2)CC1C(=O)NCc1cc(C)[nH]n1. The molecule has 134 valence electrons. The number of hydrogen-bond acceptors (Lipinski definition) is 4. The number of aromatic nitrogens is 2. The molecule has 2 N–H and O–H groups in total. The van der Waals surface area contributed by atoms with Gasteiger partial charge in [0, 0.05) is 12.2 Å². The summed E-state index contributed by atoms with van der Waals surface area (Å²) in [6.07, 6.45) is 4.53. The Hall–Kier alpha value is -1.40. The Bertz CT molecular complexity index is 562. The van der Waals surface area contributed by atoms with E-state index in [0.717, 1.165) is 50.4 Å². The first kappa shape index (κ1) is 17.4. The number of nitrogens with zero attached hydrogens (tertiary/aromatic N) is 3. The van der Waals surface area contributed by atoms with Gasteiger partial charge in [0.25, 0.3) is 0 Å². The highest BCUT2D eigenvalue weighted by Crippen LogP contribution is 2.43. The molecule has 24 heavy (non-hydrogen) atoms. The zero-order chi connectivity index (χ0) is 17.2. The van der Waals surface area contributed by atoms with E-state index in [4.69, 9.17) is 0 Å². The predicted octanol–water partition coefficient (Wildman–Crippen LogP) is 1.53. The van der Waals surface area contributed by atoms with Gasteiger partial charge in [0.05, 0.1) is 18.3 Å². The Balaban J connectivity index is 1.62. The number of piperidine rings is 1. The Labute approximate surface area is 145 Å². The van der Waals surface area contributed by atoms with E-state index in [-0.39, 0.29) is 11.9 Å². The average Bonchev–Trinajstić information content (AvgIpc) is 3.13. The summed E-state index contributed by atoms with van der Waals surface area (Å²) in [7, 11) is 2.20. The van der Waals surface area contributed by atoms with Gasteiger partial charge in [-0.05, 0) is 70.8 Å². The summed E-state index contributed by atoms with van der Waals surface area (Å²) >= 11 is 0. The Kier molecular flexibility index (Phi) is 5.25. The minimum absolute atomic E-state index is 0.0217. The highest BCUT2D eigenvalue weighted by molar-refractivity contribution is 5.82. The maximum atomic E-state index is 12.8. The van der Waals surface area contributed by atoms with Crippen molar-refractivity contribution in [1.29, 1.82) is 0 Å². The number of hydrogen-bond donors (Lipinski definition) is 2. The lowest BCUT2D eigenvalue weighted by molar-refractivity contribution is -0.125. The fourth-order valence-corrected chi connectivity index (χ4v) is 4.24. The fourth-order valence-electron chi connectivity index (χ4n) is 4.24. The molecule has 3 rings (SSSR count). The van der Waals surface area contributed by atoms with Crippen LogP contribution in [0.3, 0.4) is 0 Å². The average molecular weight is 333 g/mol. The first-order valence-electron chi connectivity index (χ1n) is 9.22. The number of H-pyrrole nitrogens is 1. The van der Waals surface area contributed by atoms with E-state index >= 15 is 0 Å². The summed E-state index contributed by atoms with van der Waals surface area (Å²) in [5, 5.41) is 10.2. The topological polar surface area (TPSA) is 64.3 Å². The van der Waals surface area contributed by atoms with Gasteiger partial charge in [0.15, 0.2) is 0 Å². The summed E-state index contributed by atoms with van der Waals surface area (Å²) in [5.74, 6) is 0.167. The first-order chi connectivity index (χ1) is 11.5. The van der Waals surface area contributed by atoms with E-state index in [1.165, 1.54) is 12.8 Å². The third kappa shape index (κ3) is 3.81. The highest BCUT2D eigenvalue weighted by Gasteiger charge is 2.47. The van der Waals surface area contributed by atoms with Gasteiger partial charge in [-0.1, -0.05) is 6.92 Å². The van der Waals surface area contributed by atoms with Gasteiger partial charge < -0.3 is 10.2 Å². The van der Waals surface area contributed by atoms with E-state index in [1.807, 2.05) is 13.0 Å². The molecule has 1 aromatic rings. The van der Waals surface area contributed by atoms with Crippen molar-refractivity contribution in [1.82, 2.24) is 25.3 Å². The lowest BCUT2D eigenvalue weighted by atomic mass is 9.76. The maximum Gasteiger partial charge on any atom is 0.237 e. The predicted molar refractivity (Wildman–Crippen MR) is 94.6 cm³/mol. The molecule has 0 aromatic carbocycles. The maximum absolute atomic E-state index is 12.8. The number of aromatic amines is 1. The third-order valence-electron chi connectivity index (χ3n) is 5.67. The van der Waals surface area contributed by atoms with Crippen molar-refractivity contribution < 1.29 is 4.79 Å². The van der Waals surface area contributed by atoms with Crippen LogP contribution in [0.5, 0.6) is 0 Å². The van der Waals surface area contributed by atoms with Crippen LogP contribution in [0, 0.1) is 12.3 Å². The van der Waals surface area contributed by atoms with Gasteiger partial charge in [-0.25, -0.2) is 0 Å². The van der Waals surface area contributed by atoms with Crippen LogP contribution in [0.4, 0.5) is 0 Å². The largest absolute Gasteiger partial charge is 0.349 e.